The summed E-state index contributed by atoms with van der Waals surface area (Å²) in [4.78, 5) is 7.48. The van der Waals surface area contributed by atoms with Gasteiger partial charge in [0.2, 0.25) is 0 Å². The van der Waals surface area contributed by atoms with E-state index in [0.29, 0.717) is 6.04 Å². The summed E-state index contributed by atoms with van der Waals surface area (Å²) in [5.74, 6) is 0. The van der Waals surface area contributed by atoms with Gasteiger partial charge in [0.05, 0.1) is 11.4 Å². The van der Waals surface area contributed by atoms with Crippen LogP contribution in [0.25, 0.3) is 11.6 Å². The van der Waals surface area contributed by atoms with Gasteiger partial charge in [-0.05, 0) is 70.0 Å². The summed E-state index contributed by atoms with van der Waals surface area (Å²) in [6, 6.07) is 15.7. The molecule has 0 amide bonds. The zero-order valence-electron chi connectivity index (χ0n) is 18.2. The smallest absolute Gasteiger partial charge is 0.0712 e. The van der Waals surface area contributed by atoms with Crippen molar-refractivity contribution in [3.8, 4) is 0 Å². The third-order valence-corrected chi connectivity index (χ3v) is 5.65. The van der Waals surface area contributed by atoms with Crippen molar-refractivity contribution < 1.29 is 0 Å². The quantitative estimate of drug-likeness (QED) is 0.629. The van der Waals surface area contributed by atoms with Gasteiger partial charge in [0, 0.05) is 24.7 Å². The molecule has 2 aromatic rings. The van der Waals surface area contributed by atoms with Crippen LogP contribution in [-0.2, 0) is 0 Å². The first-order valence-corrected chi connectivity index (χ1v) is 11.0. The SMILES string of the molecule is CC[C@@H](C)NC/C=C/c1cccc(/C(=C/CN2CCCC2)c2ccc(C)cc2)n1. The molecule has 1 aliphatic heterocycles. The molecule has 1 fully saturated rings. The van der Waals surface area contributed by atoms with Gasteiger partial charge in [0.15, 0.2) is 0 Å². The minimum absolute atomic E-state index is 0.542. The van der Waals surface area contributed by atoms with Crippen molar-refractivity contribution in [2.75, 3.05) is 26.2 Å². The molecule has 0 unspecified atom stereocenters. The van der Waals surface area contributed by atoms with E-state index in [1.807, 2.05) is 0 Å². The minimum atomic E-state index is 0.542. The van der Waals surface area contributed by atoms with Crippen molar-refractivity contribution in [3.63, 3.8) is 0 Å². The fourth-order valence-electron chi connectivity index (χ4n) is 3.58. The summed E-state index contributed by atoms with van der Waals surface area (Å²) in [6.45, 7) is 10.8. The number of benzene rings is 1. The lowest BCUT2D eigenvalue weighted by molar-refractivity contribution is 0.377. The Morgan fingerprint density at radius 2 is 1.90 bits per heavy atom. The number of hydrogen-bond acceptors (Lipinski definition) is 3. The van der Waals surface area contributed by atoms with Gasteiger partial charge in [-0.1, -0.05) is 55.0 Å². The maximum atomic E-state index is 4.95. The molecule has 29 heavy (non-hydrogen) atoms. The molecule has 3 heteroatoms. The van der Waals surface area contributed by atoms with E-state index in [0.717, 1.165) is 30.9 Å². The van der Waals surface area contributed by atoms with E-state index in [-0.39, 0.29) is 0 Å². The van der Waals surface area contributed by atoms with Crippen LogP contribution in [0.5, 0.6) is 0 Å². The maximum Gasteiger partial charge on any atom is 0.0712 e. The van der Waals surface area contributed by atoms with Crippen molar-refractivity contribution in [3.05, 3.63) is 77.1 Å². The Morgan fingerprint density at radius 1 is 1.14 bits per heavy atom. The lowest BCUT2D eigenvalue weighted by Gasteiger charge is -2.14. The number of hydrogen-bond donors (Lipinski definition) is 1. The van der Waals surface area contributed by atoms with E-state index in [9.17, 15) is 0 Å². The van der Waals surface area contributed by atoms with Crippen LogP contribution in [0, 0.1) is 6.92 Å². The van der Waals surface area contributed by atoms with Crippen LogP contribution in [-0.4, -0.2) is 42.1 Å². The van der Waals surface area contributed by atoms with Gasteiger partial charge in [-0.25, -0.2) is 4.98 Å². The molecule has 0 bridgehead atoms. The number of aryl methyl sites for hydroxylation is 1. The molecule has 1 aliphatic rings. The van der Waals surface area contributed by atoms with Gasteiger partial charge in [-0.15, -0.1) is 0 Å². The van der Waals surface area contributed by atoms with Gasteiger partial charge in [-0.2, -0.15) is 0 Å². The van der Waals surface area contributed by atoms with Crippen molar-refractivity contribution in [2.24, 2.45) is 0 Å². The molecule has 0 aliphatic carbocycles. The number of rotatable bonds is 9. The fourth-order valence-corrected chi connectivity index (χ4v) is 3.58. The first-order chi connectivity index (χ1) is 14.2. The maximum absolute atomic E-state index is 4.95. The second-order valence-corrected chi connectivity index (χ2v) is 8.06. The average molecular weight is 390 g/mol. The zero-order valence-corrected chi connectivity index (χ0v) is 18.2. The predicted octanol–water partition coefficient (Wildman–Crippen LogP) is 5.32. The van der Waals surface area contributed by atoms with Gasteiger partial charge in [0.25, 0.3) is 0 Å². The van der Waals surface area contributed by atoms with Crippen LogP contribution in [0.1, 0.15) is 55.6 Å². The van der Waals surface area contributed by atoms with Gasteiger partial charge in [0.1, 0.15) is 0 Å². The van der Waals surface area contributed by atoms with E-state index in [1.54, 1.807) is 0 Å². The summed E-state index contributed by atoms with van der Waals surface area (Å²) < 4.78 is 0. The topological polar surface area (TPSA) is 28.2 Å². The fraction of sp³-hybridized carbons (Fsp3) is 0.423. The van der Waals surface area contributed by atoms with E-state index in [1.165, 1.54) is 42.6 Å². The number of nitrogens with one attached hydrogen (secondary N) is 1. The molecule has 0 saturated carbocycles. The highest BCUT2D eigenvalue weighted by Crippen LogP contribution is 2.23. The number of likely N-dealkylation sites (tertiary alicyclic amines) is 1. The molecule has 2 heterocycles. The molecule has 0 spiro atoms. The summed E-state index contributed by atoms with van der Waals surface area (Å²) in [5, 5.41) is 3.49. The lowest BCUT2D eigenvalue weighted by atomic mass is 10.00. The van der Waals surface area contributed by atoms with E-state index < -0.39 is 0 Å². The largest absolute Gasteiger partial charge is 0.311 e. The first kappa shape index (κ1) is 21.5. The van der Waals surface area contributed by atoms with Gasteiger partial charge in [-0.3, -0.25) is 4.90 Å². The zero-order chi connectivity index (χ0) is 20.5. The van der Waals surface area contributed by atoms with Crippen LogP contribution in [0.4, 0.5) is 0 Å². The van der Waals surface area contributed by atoms with Crippen LogP contribution in [0.2, 0.25) is 0 Å². The normalized spacial score (nSPS) is 16.6. The predicted molar refractivity (Wildman–Crippen MR) is 125 cm³/mol. The minimum Gasteiger partial charge on any atom is -0.311 e. The van der Waals surface area contributed by atoms with E-state index in [4.69, 9.17) is 4.98 Å². The number of pyridine rings is 1. The van der Waals surface area contributed by atoms with Crippen LogP contribution < -0.4 is 5.32 Å². The molecule has 1 aromatic heterocycles. The first-order valence-electron chi connectivity index (χ1n) is 11.0. The van der Waals surface area contributed by atoms with Gasteiger partial charge >= 0.3 is 0 Å². The Balaban J connectivity index is 1.80. The molecule has 0 radical (unpaired) electrons. The lowest BCUT2D eigenvalue weighted by Crippen LogP contribution is -2.24. The summed E-state index contributed by atoms with van der Waals surface area (Å²) in [7, 11) is 0. The van der Waals surface area contributed by atoms with Crippen LogP contribution in [0.15, 0.2) is 54.6 Å². The second-order valence-electron chi connectivity index (χ2n) is 8.06. The van der Waals surface area contributed by atoms with Gasteiger partial charge < -0.3 is 5.32 Å². The third-order valence-electron chi connectivity index (χ3n) is 5.65. The van der Waals surface area contributed by atoms with Crippen LogP contribution in [0.3, 0.4) is 0 Å². The van der Waals surface area contributed by atoms with Crippen molar-refractivity contribution in [1.29, 1.82) is 0 Å². The summed E-state index contributed by atoms with van der Waals surface area (Å²) in [6.07, 6.45) is 10.4. The van der Waals surface area contributed by atoms with Crippen molar-refractivity contribution in [2.45, 2.75) is 46.1 Å². The Bertz CT molecular complexity index is 814. The molecule has 1 N–H and O–H groups in total. The number of nitrogens with zero attached hydrogens (tertiary/aromatic N) is 2. The molecule has 3 nitrogen and oxygen atoms in total. The molecule has 1 aromatic carbocycles. The van der Waals surface area contributed by atoms with Crippen LogP contribution >= 0.6 is 0 Å². The standard InChI is InChI=1S/C26H35N3/c1-4-22(3)27-17-8-10-24-9-7-11-26(28-24)25(16-20-29-18-5-6-19-29)23-14-12-21(2)13-15-23/h7-16,22,27H,4-6,17-20H2,1-3H3/b10-8+,25-16+/t22-/m1/s1. The average Bonchev–Trinajstić information content (AvgIpc) is 3.26. The highest BCUT2D eigenvalue weighted by Gasteiger charge is 2.12. The molecule has 1 atom stereocenters. The highest BCUT2D eigenvalue weighted by molar-refractivity contribution is 5.78. The third kappa shape index (κ3) is 6.66. The van der Waals surface area contributed by atoms with E-state index in [2.05, 4.69) is 91.7 Å². The molecule has 154 valence electrons. The monoisotopic (exact) mass is 389 g/mol. The van der Waals surface area contributed by atoms with E-state index >= 15 is 0 Å². The highest BCUT2D eigenvalue weighted by atomic mass is 15.1. The van der Waals surface area contributed by atoms with Crippen molar-refractivity contribution in [1.82, 2.24) is 15.2 Å². The van der Waals surface area contributed by atoms with Crippen molar-refractivity contribution >= 4 is 11.6 Å². The summed E-state index contributed by atoms with van der Waals surface area (Å²) in [5.41, 5.74) is 5.80. The Kier molecular flexibility index (Phi) is 8.21. The molecular formula is C26H35N3. The molecule has 1 saturated heterocycles. The Hall–Kier alpha value is -2.23. The number of aromatic nitrogens is 1. The summed E-state index contributed by atoms with van der Waals surface area (Å²) >= 11 is 0. The molecular weight excluding hydrogens is 354 g/mol. The Labute approximate surface area is 176 Å². The Morgan fingerprint density at radius 3 is 2.62 bits per heavy atom. The molecule has 3 rings (SSSR count). The second kappa shape index (κ2) is 11.1.